The molecule has 0 fully saturated rings. The van der Waals surface area contributed by atoms with Crippen LogP contribution in [0.5, 0.6) is 0 Å². The smallest absolute Gasteiger partial charge is 0.387 e. The minimum atomic E-state index is -0.710. The minimum absolute atomic E-state index is 0.00933. The lowest BCUT2D eigenvalue weighted by molar-refractivity contribution is 0.516. The molecule has 7 heteroatoms. The summed E-state index contributed by atoms with van der Waals surface area (Å²) in [5, 5.41) is 4.50. The molecule has 0 aliphatic carbocycles. The molecule has 0 aliphatic rings. The Morgan fingerprint density at radius 3 is 2.57 bits per heavy atom. The Morgan fingerprint density at radius 1 is 1.10 bits per heavy atom. The van der Waals surface area contributed by atoms with E-state index in [-0.39, 0.29) is 10.9 Å². The average Bonchev–Trinajstić information content (AvgIpc) is 2.81. The van der Waals surface area contributed by atoms with Crippen molar-refractivity contribution in [3.8, 4) is 17.1 Å². The first-order valence-electron chi connectivity index (χ1n) is 5.87. The Hall–Kier alpha value is -2.11. The van der Waals surface area contributed by atoms with Gasteiger partial charge in [0.25, 0.3) is 5.89 Å². The monoisotopic (exact) mass is 324 g/mol. The average molecular weight is 325 g/mol. The number of nitrogens with zero attached hydrogens (tertiary/aromatic N) is 2. The maximum absolute atomic E-state index is 13.0. The third-order valence-corrected chi connectivity index (χ3v) is 3.42. The molecule has 0 amide bonds. The second-order valence-electron chi connectivity index (χ2n) is 4.16. The zero-order chi connectivity index (χ0) is 15.0. The topological polar surface area (TPSA) is 48.0 Å². The van der Waals surface area contributed by atoms with Crippen LogP contribution in [0, 0.1) is 5.82 Å². The molecule has 0 radical (unpaired) electrons. The lowest BCUT2D eigenvalue weighted by Gasteiger charge is -2.00. The highest BCUT2D eigenvalue weighted by Crippen LogP contribution is 2.27. The van der Waals surface area contributed by atoms with E-state index < -0.39 is 11.6 Å². The number of rotatable bonds is 2. The van der Waals surface area contributed by atoms with Crippen molar-refractivity contribution in [3.05, 3.63) is 68.9 Å². The molecule has 3 aromatic rings. The first-order chi connectivity index (χ1) is 10.1. The van der Waals surface area contributed by atoms with Crippen molar-refractivity contribution in [1.29, 1.82) is 0 Å². The molecule has 2 aromatic carbocycles. The summed E-state index contributed by atoms with van der Waals surface area (Å²) in [7, 11) is 0. The van der Waals surface area contributed by atoms with Crippen LogP contribution in [0.2, 0.25) is 10.0 Å². The predicted octanol–water partition coefficient (Wildman–Crippen LogP) is 3.94. The summed E-state index contributed by atoms with van der Waals surface area (Å²) >= 11 is 11.9. The molecule has 0 unspecified atom stereocenters. The van der Waals surface area contributed by atoms with Crippen LogP contribution in [0.1, 0.15) is 0 Å². The van der Waals surface area contributed by atoms with Gasteiger partial charge < -0.3 is 4.42 Å². The number of aromatic nitrogens is 2. The van der Waals surface area contributed by atoms with Gasteiger partial charge in [-0.2, -0.15) is 4.68 Å². The van der Waals surface area contributed by atoms with E-state index in [2.05, 4.69) is 5.10 Å². The largest absolute Gasteiger partial charge is 0.442 e. The van der Waals surface area contributed by atoms with Crippen LogP contribution in [-0.2, 0) is 0 Å². The first-order valence-corrected chi connectivity index (χ1v) is 6.62. The molecular weight excluding hydrogens is 318 g/mol. The van der Waals surface area contributed by atoms with Crippen LogP contribution in [0.15, 0.2) is 51.7 Å². The molecule has 0 bridgehead atoms. The van der Waals surface area contributed by atoms with Gasteiger partial charge in [0.15, 0.2) is 0 Å². The molecule has 0 saturated carbocycles. The fourth-order valence-electron chi connectivity index (χ4n) is 1.83. The summed E-state index contributed by atoms with van der Waals surface area (Å²) in [6.07, 6.45) is 0. The van der Waals surface area contributed by atoms with Gasteiger partial charge in [0, 0.05) is 0 Å². The summed E-state index contributed by atoms with van der Waals surface area (Å²) in [5.74, 6) is -1.21. The van der Waals surface area contributed by atoms with E-state index in [4.69, 9.17) is 27.6 Å². The summed E-state index contributed by atoms with van der Waals surface area (Å²) in [4.78, 5) is 11.9. The Bertz CT molecular complexity index is 873. The third kappa shape index (κ3) is 2.57. The lowest BCUT2D eigenvalue weighted by atomic mass is 10.2. The Labute approximate surface area is 128 Å². The number of benzene rings is 2. The van der Waals surface area contributed by atoms with Crippen molar-refractivity contribution in [3.63, 3.8) is 0 Å². The fraction of sp³-hybridized carbons (Fsp3) is 0. The van der Waals surface area contributed by atoms with Gasteiger partial charge in [-0.25, -0.2) is 9.18 Å². The number of halogens is 3. The van der Waals surface area contributed by atoms with Crippen molar-refractivity contribution in [2.75, 3.05) is 0 Å². The summed E-state index contributed by atoms with van der Waals surface area (Å²) < 4.78 is 19.1. The van der Waals surface area contributed by atoms with Crippen molar-refractivity contribution in [2.45, 2.75) is 0 Å². The van der Waals surface area contributed by atoms with Gasteiger partial charge in [-0.15, -0.1) is 5.10 Å². The quantitative estimate of drug-likeness (QED) is 0.717. The van der Waals surface area contributed by atoms with Gasteiger partial charge in [-0.3, -0.25) is 0 Å². The van der Waals surface area contributed by atoms with E-state index in [0.717, 1.165) is 10.7 Å². The minimum Gasteiger partial charge on any atom is -0.387 e. The van der Waals surface area contributed by atoms with E-state index in [0.29, 0.717) is 16.3 Å². The lowest BCUT2D eigenvalue weighted by Crippen LogP contribution is -2.13. The summed E-state index contributed by atoms with van der Waals surface area (Å²) in [6.45, 7) is 0. The number of hydrogen-bond donors (Lipinski definition) is 0. The molecule has 106 valence electrons. The molecule has 1 heterocycles. The molecule has 0 aliphatic heterocycles. The SMILES string of the molecule is O=c1oc(-c2ccc(F)cc2Cl)nn1-c1ccccc1Cl. The van der Waals surface area contributed by atoms with Crippen LogP contribution in [0.25, 0.3) is 17.1 Å². The molecule has 0 spiro atoms. The molecule has 1 aromatic heterocycles. The van der Waals surface area contributed by atoms with Gasteiger partial charge in [0.1, 0.15) is 5.82 Å². The van der Waals surface area contributed by atoms with Gasteiger partial charge in [-0.1, -0.05) is 35.3 Å². The van der Waals surface area contributed by atoms with E-state index in [9.17, 15) is 9.18 Å². The number of para-hydroxylation sites is 1. The maximum Gasteiger partial charge on any atom is 0.442 e. The van der Waals surface area contributed by atoms with Crippen molar-refractivity contribution < 1.29 is 8.81 Å². The van der Waals surface area contributed by atoms with Gasteiger partial charge in [0.2, 0.25) is 0 Å². The van der Waals surface area contributed by atoms with Crippen LogP contribution in [-0.4, -0.2) is 9.78 Å². The second-order valence-corrected chi connectivity index (χ2v) is 4.97. The normalized spacial score (nSPS) is 10.8. The molecule has 3 rings (SSSR count). The third-order valence-electron chi connectivity index (χ3n) is 2.79. The van der Waals surface area contributed by atoms with Crippen LogP contribution < -0.4 is 5.76 Å². The zero-order valence-electron chi connectivity index (χ0n) is 10.4. The predicted molar refractivity (Wildman–Crippen MR) is 77.5 cm³/mol. The molecule has 4 nitrogen and oxygen atoms in total. The Morgan fingerprint density at radius 2 is 1.86 bits per heavy atom. The van der Waals surface area contributed by atoms with Crippen LogP contribution in [0.3, 0.4) is 0 Å². The van der Waals surface area contributed by atoms with E-state index in [1.54, 1.807) is 24.3 Å². The number of hydrogen-bond acceptors (Lipinski definition) is 3. The zero-order valence-corrected chi connectivity index (χ0v) is 11.9. The molecular formula is C14H7Cl2FN2O2. The standard InChI is InChI=1S/C14H7Cl2FN2O2/c15-10-3-1-2-4-12(10)19-14(20)21-13(18-19)9-6-5-8(17)7-11(9)16/h1-7H. The van der Waals surface area contributed by atoms with Crippen molar-refractivity contribution in [1.82, 2.24) is 9.78 Å². The fourth-order valence-corrected chi connectivity index (χ4v) is 2.29. The van der Waals surface area contributed by atoms with Gasteiger partial charge in [-0.05, 0) is 30.3 Å². The highest BCUT2D eigenvalue weighted by atomic mass is 35.5. The van der Waals surface area contributed by atoms with E-state index in [1.807, 2.05) is 0 Å². The summed E-state index contributed by atoms with van der Waals surface area (Å²) in [5.41, 5.74) is 0.707. The second kappa shape index (κ2) is 5.35. The summed E-state index contributed by atoms with van der Waals surface area (Å²) in [6, 6.07) is 10.4. The Balaban J connectivity index is 2.14. The highest BCUT2D eigenvalue weighted by Gasteiger charge is 2.16. The molecule has 0 atom stereocenters. The highest BCUT2D eigenvalue weighted by molar-refractivity contribution is 6.33. The Kier molecular flexibility index (Phi) is 3.53. The maximum atomic E-state index is 13.0. The van der Waals surface area contributed by atoms with Gasteiger partial charge >= 0.3 is 5.76 Å². The molecule has 21 heavy (non-hydrogen) atoms. The van der Waals surface area contributed by atoms with Crippen LogP contribution >= 0.6 is 23.2 Å². The van der Waals surface area contributed by atoms with Gasteiger partial charge in [0.05, 0.1) is 21.3 Å². The van der Waals surface area contributed by atoms with E-state index in [1.165, 1.54) is 12.1 Å². The molecule has 0 saturated heterocycles. The molecule has 0 N–H and O–H groups in total. The van der Waals surface area contributed by atoms with Crippen molar-refractivity contribution >= 4 is 23.2 Å². The van der Waals surface area contributed by atoms with Crippen LogP contribution in [0.4, 0.5) is 4.39 Å². The van der Waals surface area contributed by atoms with E-state index >= 15 is 0 Å². The van der Waals surface area contributed by atoms with Crippen molar-refractivity contribution in [2.24, 2.45) is 0 Å². The first kappa shape index (κ1) is 13.9.